The minimum Gasteiger partial charge on any atom is -0.348 e. The third-order valence-electron chi connectivity index (χ3n) is 3.64. The van der Waals surface area contributed by atoms with Gasteiger partial charge in [0.25, 0.3) is 5.91 Å². The van der Waals surface area contributed by atoms with Crippen molar-refractivity contribution in [2.24, 2.45) is 5.41 Å². The topological polar surface area (TPSA) is 58.2 Å². The fourth-order valence-electron chi connectivity index (χ4n) is 2.05. The maximum absolute atomic E-state index is 12.3. The van der Waals surface area contributed by atoms with Crippen molar-refractivity contribution < 1.29 is 9.59 Å². The minimum absolute atomic E-state index is 0.0836. The highest BCUT2D eigenvalue weighted by molar-refractivity contribution is 5.98. The lowest BCUT2D eigenvalue weighted by atomic mass is 9.95. The second-order valence-corrected chi connectivity index (χ2v) is 6.95. The number of hydrogen-bond donors (Lipinski definition) is 2. The molecular formula is C20H24N2O2. The van der Waals surface area contributed by atoms with Crippen LogP contribution in [0, 0.1) is 12.3 Å². The highest BCUT2D eigenvalue weighted by atomic mass is 16.2. The molecule has 2 rings (SSSR count). The van der Waals surface area contributed by atoms with Crippen LogP contribution in [0.25, 0.3) is 0 Å². The number of benzene rings is 2. The molecule has 0 atom stereocenters. The molecule has 4 nitrogen and oxygen atoms in total. The van der Waals surface area contributed by atoms with Crippen LogP contribution in [0.4, 0.5) is 5.69 Å². The van der Waals surface area contributed by atoms with Crippen molar-refractivity contribution in [3.63, 3.8) is 0 Å². The van der Waals surface area contributed by atoms with Crippen molar-refractivity contribution in [1.82, 2.24) is 5.32 Å². The second kappa shape index (κ2) is 7.30. The highest BCUT2D eigenvalue weighted by Crippen LogP contribution is 2.18. The zero-order chi connectivity index (χ0) is 17.7. The molecule has 2 aromatic carbocycles. The molecule has 0 aliphatic heterocycles. The molecule has 0 radical (unpaired) electrons. The summed E-state index contributed by atoms with van der Waals surface area (Å²) in [7, 11) is 0. The summed E-state index contributed by atoms with van der Waals surface area (Å²) in [6, 6.07) is 15.0. The van der Waals surface area contributed by atoms with Gasteiger partial charge in [0.05, 0.1) is 0 Å². The molecule has 0 saturated heterocycles. The molecule has 0 spiro atoms. The van der Waals surface area contributed by atoms with Crippen molar-refractivity contribution >= 4 is 17.5 Å². The van der Waals surface area contributed by atoms with Crippen molar-refractivity contribution in [3.8, 4) is 0 Å². The average Bonchev–Trinajstić information content (AvgIpc) is 2.53. The van der Waals surface area contributed by atoms with Crippen molar-refractivity contribution in [3.05, 3.63) is 65.2 Å². The Hall–Kier alpha value is -2.62. The van der Waals surface area contributed by atoms with Crippen LogP contribution in [0.3, 0.4) is 0 Å². The van der Waals surface area contributed by atoms with Gasteiger partial charge >= 0.3 is 0 Å². The SMILES string of the molecule is Cc1ccc(CNC(=O)c2cccc(NC(=O)C(C)(C)C)c2)cc1. The zero-order valence-electron chi connectivity index (χ0n) is 14.6. The molecule has 4 heteroatoms. The van der Waals surface area contributed by atoms with Crippen molar-refractivity contribution in [1.29, 1.82) is 0 Å². The van der Waals surface area contributed by atoms with Crippen LogP contribution in [-0.2, 0) is 11.3 Å². The third kappa shape index (κ3) is 4.95. The molecule has 0 bridgehead atoms. The van der Waals surface area contributed by atoms with E-state index < -0.39 is 5.41 Å². The normalized spacial score (nSPS) is 11.0. The molecule has 0 fully saturated rings. The predicted octanol–water partition coefficient (Wildman–Crippen LogP) is 3.91. The molecule has 126 valence electrons. The number of anilines is 1. The molecule has 0 unspecified atom stereocenters. The van der Waals surface area contributed by atoms with Crippen LogP contribution in [0.1, 0.15) is 42.3 Å². The summed E-state index contributed by atoms with van der Waals surface area (Å²) < 4.78 is 0. The van der Waals surface area contributed by atoms with Gasteiger partial charge in [-0.2, -0.15) is 0 Å². The minimum atomic E-state index is -0.482. The van der Waals surface area contributed by atoms with Crippen LogP contribution >= 0.6 is 0 Å². The molecular weight excluding hydrogens is 300 g/mol. The monoisotopic (exact) mass is 324 g/mol. The smallest absolute Gasteiger partial charge is 0.251 e. The lowest BCUT2D eigenvalue weighted by Gasteiger charge is -2.18. The average molecular weight is 324 g/mol. The first-order chi connectivity index (χ1) is 11.3. The van der Waals surface area contributed by atoms with Crippen molar-refractivity contribution in [2.45, 2.75) is 34.2 Å². The first-order valence-corrected chi connectivity index (χ1v) is 8.01. The van der Waals surface area contributed by atoms with Gasteiger partial charge in [0.15, 0.2) is 0 Å². The largest absolute Gasteiger partial charge is 0.348 e. The van der Waals surface area contributed by atoms with E-state index in [4.69, 9.17) is 0 Å². The Morgan fingerprint density at radius 1 is 1.00 bits per heavy atom. The number of nitrogens with one attached hydrogen (secondary N) is 2. The summed E-state index contributed by atoms with van der Waals surface area (Å²) >= 11 is 0. The number of carbonyl (C=O) groups excluding carboxylic acids is 2. The molecule has 2 amide bonds. The summed E-state index contributed by atoms with van der Waals surface area (Å²) in [5, 5.41) is 5.73. The molecule has 24 heavy (non-hydrogen) atoms. The fourth-order valence-corrected chi connectivity index (χ4v) is 2.05. The van der Waals surface area contributed by atoms with Crippen LogP contribution in [0.5, 0.6) is 0 Å². The quantitative estimate of drug-likeness (QED) is 0.896. The maximum atomic E-state index is 12.3. The van der Waals surface area contributed by atoms with E-state index in [1.54, 1.807) is 24.3 Å². The van der Waals surface area contributed by atoms with E-state index in [2.05, 4.69) is 10.6 Å². The Balaban J connectivity index is 2.01. The number of amides is 2. The van der Waals surface area contributed by atoms with Crippen LogP contribution < -0.4 is 10.6 Å². The first-order valence-electron chi connectivity index (χ1n) is 8.01. The summed E-state index contributed by atoms with van der Waals surface area (Å²) in [5.74, 6) is -0.248. The van der Waals surface area contributed by atoms with E-state index in [0.717, 1.165) is 5.56 Å². The Morgan fingerprint density at radius 2 is 1.67 bits per heavy atom. The van der Waals surface area contributed by atoms with Crippen LogP contribution in [-0.4, -0.2) is 11.8 Å². The Kier molecular flexibility index (Phi) is 5.39. The van der Waals surface area contributed by atoms with Gasteiger partial charge in [-0.3, -0.25) is 9.59 Å². The summed E-state index contributed by atoms with van der Waals surface area (Å²) in [6.45, 7) is 8.04. The molecule has 0 heterocycles. The number of carbonyl (C=O) groups is 2. The van der Waals surface area contributed by atoms with Crippen LogP contribution in [0.2, 0.25) is 0 Å². The number of hydrogen-bond acceptors (Lipinski definition) is 2. The molecule has 0 aromatic heterocycles. The fraction of sp³-hybridized carbons (Fsp3) is 0.300. The summed E-state index contributed by atoms with van der Waals surface area (Å²) in [6.07, 6.45) is 0. The Bertz CT molecular complexity index is 728. The van der Waals surface area contributed by atoms with Crippen molar-refractivity contribution in [2.75, 3.05) is 5.32 Å². The second-order valence-electron chi connectivity index (χ2n) is 6.95. The zero-order valence-corrected chi connectivity index (χ0v) is 14.6. The van der Waals surface area contributed by atoms with Gasteiger partial charge in [0, 0.05) is 23.2 Å². The van der Waals surface area contributed by atoms with Gasteiger partial charge in [0.1, 0.15) is 0 Å². The van der Waals surface area contributed by atoms with E-state index in [1.807, 2.05) is 52.0 Å². The molecule has 0 saturated carbocycles. The van der Waals surface area contributed by atoms with Gasteiger partial charge in [-0.25, -0.2) is 0 Å². The summed E-state index contributed by atoms with van der Waals surface area (Å²) in [4.78, 5) is 24.3. The maximum Gasteiger partial charge on any atom is 0.251 e. The first kappa shape index (κ1) is 17.7. The van der Waals surface area contributed by atoms with Gasteiger partial charge in [-0.1, -0.05) is 56.7 Å². The third-order valence-corrected chi connectivity index (χ3v) is 3.64. The standard InChI is InChI=1S/C20H24N2O2/c1-14-8-10-15(11-9-14)13-21-18(23)16-6-5-7-17(12-16)22-19(24)20(2,3)4/h5-12H,13H2,1-4H3,(H,21,23)(H,22,24). The van der Waals surface area contributed by atoms with E-state index in [0.29, 0.717) is 17.8 Å². The molecule has 0 aliphatic carbocycles. The van der Waals surface area contributed by atoms with E-state index >= 15 is 0 Å². The Morgan fingerprint density at radius 3 is 2.29 bits per heavy atom. The van der Waals surface area contributed by atoms with Gasteiger partial charge in [0.2, 0.25) is 5.91 Å². The van der Waals surface area contributed by atoms with E-state index in [9.17, 15) is 9.59 Å². The summed E-state index contributed by atoms with van der Waals surface area (Å²) in [5.41, 5.74) is 2.90. The van der Waals surface area contributed by atoms with Crippen LogP contribution in [0.15, 0.2) is 48.5 Å². The van der Waals surface area contributed by atoms with Gasteiger partial charge in [-0.15, -0.1) is 0 Å². The van der Waals surface area contributed by atoms with E-state index in [1.165, 1.54) is 5.56 Å². The molecule has 2 N–H and O–H groups in total. The molecule has 0 aliphatic rings. The lowest BCUT2D eigenvalue weighted by molar-refractivity contribution is -0.123. The van der Waals surface area contributed by atoms with Gasteiger partial charge < -0.3 is 10.6 Å². The predicted molar refractivity (Wildman–Crippen MR) is 96.9 cm³/mol. The highest BCUT2D eigenvalue weighted by Gasteiger charge is 2.21. The van der Waals surface area contributed by atoms with E-state index in [-0.39, 0.29) is 11.8 Å². The van der Waals surface area contributed by atoms with Gasteiger partial charge in [-0.05, 0) is 30.7 Å². The lowest BCUT2D eigenvalue weighted by Crippen LogP contribution is -2.28. The Labute approximate surface area is 143 Å². The number of rotatable bonds is 4. The molecule has 2 aromatic rings. The number of aryl methyl sites for hydroxylation is 1.